The molecule has 10 heteroatoms. The summed E-state index contributed by atoms with van der Waals surface area (Å²) in [6.07, 6.45) is -8.17. The molecule has 0 aromatic rings. The molecule has 2 fully saturated rings. The summed E-state index contributed by atoms with van der Waals surface area (Å²) in [5.74, 6) is 0. The summed E-state index contributed by atoms with van der Waals surface area (Å²) < 4.78 is 16.9. The Morgan fingerprint density at radius 1 is 1.12 bits per heavy atom. The number of rotatable bonds is 7. The summed E-state index contributed by atoms with van der Waals surface area (Å²) in [6, 6.07) is 0. The fourth-order valence-corrected chi connectivity index (χ4v) is 3.44. The highest BCUT2D eigenvalue weighted by Crippen LogP contribution is 2.40. The van der Waals surface area contributed by atoms with Crippen LogP contribution in [-0.4, -0.2) is 110 Å². The van der Waals surface area contributed by atoms with E-state index in [0.29, 0.717) is 6.42 Å². The Hall–Kier alpha value is -0.400. The van der Waals surface area contributed by atoms with Crippen molar-refractivity contribution in [2.45, 2.75) is 80.8 Å². The average Bonchev–Trinajstić information content (AvgIpc) is 3.08. The molecule has 0 amide bonds. The van der Waals surface area contributed by atoms with Crippen molar-refractivity contribution in [3.8, 4) is 0 Å². The molecule has 0 aromatic heterocycles. The quantitative estimate of drug-likeness (QED) is 0.239. The first kappa shape index (κ1) is 21.9. The maximum Gasteiger partial charge on any atom is 0.187 e. The lowest BCUT2D eigenvalue weighted by atomic mass is 9.92. The van der Waals surface area contributed by atoms with Crippen LogP contribution < -0.4 is 0 Å². The molecule has 0 aromatic carbocycles. The van der Waals surface area contributed by atoms with E-state index in [9.17, 15) is 35.7 Å². The van der Waals surface area contributed by atoms with Crippen molar-refractivity contribution in [2.75, 3.05) is 19.8 Å². The minimum Gasteiger partial charge on any atom is -0.394 e. The standard InChI is InChI=1S/C16H30O10/c1-15(2,10-3-4-16(7-19,25-10)9(20)6-18)26-14-13(23)12(22)11(21)8(5-17)24-14/h8-14,17-23H,3-7H2,1-2H3. The van der Waals surface area contributed by atoms with Gasteiger partial charge in [0, 0.05) is 0 Å². The third-order valence-corrected chi connectivity index (χ3v) is 5.30. The van der Waals surface area contributed by atoms with Gasteiger partial charge in [-0.1, -0.05) is 0 Å². The molecule has 2 rings (SSSR count). The van der Waals surface area contributed by atoms with E-state index in [1.165, 1.54) is 0 Å². The second-order valence-electron chi connectivity index (χ2n) is 7.49. The number of aliphatic hydroxyl groups excluding tert-OH is 7. The fourth-order valence-electron chi connectivity index (χ4n) is 3.44. The van der Waals surface area contributed by atoms with Gasteiger partial charge in [0.1, 0.15) is 36.1 Å². The largest absolute Gasteiger partial charge is 0.394 e. The van der Waals surface area contributed by atoms with Crippen LogP contribution in [0, 0.1) is 0 Å². The van der Waals surface area contributed by atoms with Crippen molar-refractivity contribution in [3.63, 3.8) is 0 Å². The van der Waals surface area contributed by atoms with Gasteiger partial charge in [0.05, 0.1) is 31.5 Å². The van der Waals surface area contributed by atoms with Crippen molar-refractivity contribution >= 4 is 0 Å². The Morgan fingerprint density at radius 3 is 2.31 bits per heavy atom. The van der Waals surface area contributed by atoms with Crippen LogP contribution in [0.3, 0.4) is 0 Å². The van der Waals surface area contributed by atoms with Gasteiger partial charge in [-0.2, -0.15) is 0 Å². The lowest BCUT2D eigenvalue weighted by molar-refractivity contribution is -0.335. The molecule has 10 nitrogen and oxygen atoms in total. The Kier molecular flexibility index (Phi) is 7.00. The van der Waals surface area contributed by atoms with Crippen molar-refractivity contribution in [1.29, 1.82) is 0 Å². The van der Waals surface area contributed by atoms with Gasteiger partial charge < -0.3 is 50.0 Å². The van der Waals surface area contributed by atoms with Crippen LogP contribution in [0.1, 0.15) is 26.7 Å². The zero-order valence-corrected chi connectivity index (χ0v) is 14.9. The molecule has 0 saturated carbocycles. The van der Waals surface area contributed by atoms with Gasteiger partial charge in [0.2, 0.25) is 0 Å². The first-order valence-corrected chi connectivity index (χ1v) is 8.68. The number of aliphatic hydroxyl groups is 7. The molecule has 8 atom stereocenters. The molecule has 154 valence electrons. The van der Waals surface area contributed by atoms with Crippen molar-refractivity contribution < 1.29 is 50.0 Å². The van der Waals surface area contributed by atoms with Crippen LogP contribution in [0.25, 0.3) is 0 Å². The molecular formula is C16H30O10. The van der Waals surface area contributed by atoms with E-state index >= 15 is 0 Å². The van der Waals surface area contributed by atoms with Gasteiger partial charge in [-0.05, 0) is 26.7 Å². The smallest absolute Gasteiger partial charge is 0.187 e. The number of ether oxygens (including phenoxy) is 3. The Morgan fingerprint density at radius 2 is 1.77 bits per heavy atom. The summed E-state index contributed by atoms with van der Waals surface area (Å²) >= 11 is 0. The normalized spacial score (nSPS) is 42.8. The van der Waals surface area contributed by atoms with Crippen LogP contribution in [0.5, 0.6) is 0 Å². The third-order valence-electron chi connectivity index (χ3n) is 5.30. The summed E-state index contributed by atoms with van der Waals surface area (Å²) in [6.45, 7) is 1.68. The summed E-state index contributed by atoms with van der Waals surface area (Å²) in [5.41, 5.74) is -2.38. The molecule has 7 N–H and O–H groups in total. The van der Waals surface area contributed by atoms with Gasteiger partial charge in [-0.25, -0.2) is 0 Å². The van der Waals surface area contributed by atoms with Crippen LogP contribution in [-0.2, 0) is 14.2 Å². The van der Waals surface area contributed by atoms with E-state index < -0.39 is 73.9 Å². The van der Waals surface area contributed by atoms with E-state index in [-0.39, 0.29) is 6.42 Å². The topological polar surface area (TPSA) is 169 Å². The van der Waals surface area contributed by atoms with E-state index in [1.54, 1.807) is 13.8 Å². The molecule has 8 unspecified atom stereocenters. The van der Waals surface area contributed by atoms with Gasteiger partial charge in [0.15, 0.2) is 6.29 Å². The van der Waals surface area contributed by atoms with E-state index in [0.717, 1.165) is 0 Å². The average molecular weight is 382 g/mol. The molecule has 2 saturated heterocycles. The van der Waals surface area contributed by atoms with Crippen LogP contribution in [0.15, 0.2) is 0 Å². The molecule has 0 radical (unpaired) electrons. The molecule has 0 spiro atoms. The van der Waals surface area contributed by atoms with Gasteiger partial charge >= 0.3 is 0 Å². The van der Waals surface area contributed by atoms with Crippen LogP contribution in [0.2, 0.25) is 0 Å². The Labute approximate surface area is 151 Å². The summed E-state index contributed by atoms with van der Waals surface area (Å²) in [5, 5.41) is 67.8. The van der Waals surface area contributed by atoms with Gasteiger partial charge in [-0.15, -0.1) is 0 Å². The highest BCUT2D eigenvalue weighted by atomic mass is 16.7. The molecule has 2 aliphatic rings. The number of hydrogen-bond acceptors (Lipinski definition) is 10. The predicted octanol–water partition coefficient (Wildman–Crippen LogP) is -3.16. The van der Waals surface area contributed by atoms with E-state index in [1.807, 2.05) is 0 Å². The molecule has 2 aliphatic heterocycles. The fraction of sp³-hybridized carbons (Fsp3) is 1.00. The second kappa shape index (κ2) is 8.31. The maximum atomic E-state index is 10.1. The SMILES string of the molecule is CC(C)(OC1OC(CO)C(O)C(O)C1O)C1CCC(CO)(C(O)CO)O1. The zero-order valence-electron chi connectivity index (χ0n) is 14.9. The highest BCUT2D eigenvalue weighted by Gasteiger charge is 2.52. The molecule has 0 aliphatic carbocycles. The minimum absolute atomic E-state index is 0.289. The minimum atomic E-state index is -1.56. The lowest BCUT2D eigenvalue weighted by Gasteiger charge is -2.44. The summed E-state index contributed by atoms with van der Waals surface area (Å²) in [4.78, 5) is 0. The second-order valence-corrected chi connectivity index (χ2v) is 7.49. The third kappa shape index (κ3) is 4.04. The van der Waals surface area contributed by atoms with E-state index in [2.05, 4.69) is 0 Å². The molecule has 2 heterocycles. The van der Waals surface area contributed by atoms with Crippen LogP contribution >= 0.6 is 0 Å². The maximum absolute atomic E-state index is 10.1. The monoisotopic (exact) mass is 382 g/mol. The Bertz CT molecular complexity index is 458. The first-order chi connectivity index (χ1) is 12.1. The van der Waals surface area contributed by atoms with Gasteiger partial charge in [0.25, 0.3) is 0 Å². The predicted molar refractivity (Wildman–Crippen MR) is 85.9 cm³/mol. The van der Waals surface area contributed by atoms with E-state index in [4.69, 9.17) is 14.2 Å². The van der Waals surface area contributed by atoms with Crippen molar-refractivity contribution in [1.82, 2.24) is 0 Å². The molecule has 0 bridgehead atoms. The molecule has 26 heavy (non-hydrogen) atoms. The summed E-state index contributed by atoms with van der Waals surface area (Å²) in [7, 11) is 0. The van der Waals surface area contributed by atoms with Crippen molar-refractivity contribution in [3.05, 3.63) is 0 Å². The highest BCUT2D eigenvalue weighted by molar-refractivity contribution is 4.99. The molecular weight excluding hydrogens is 352 g/mol. The van der Waals surface area contributed by atoms with Crippen molar-refractivity contribution in [2.24, 2.45) is 0 Å². The zero-order chi connectivity index (χ0) is 19.7. The lowest BCUT2D eigenvalue weighted by Crippen LogP contribution is -2.61. The number of hydrogen-bond donors (Lipinski definition) is 7. The van der Waals surface area contributed by atoms with Gasteiger partial charge in [-0.3, -0.25) is 0 Å². The Balaban J connectivity index is 2.08. The van der Waals surface area contributed by atoms with Crippen LogP contribution in [0.4, 0.5) is 0 Å². The first-order valence-electron chi connectivity index (χ1n) is 8.68.